The number of ether oxygens (including phenoxy) is 2. The van der Waals surface area contributed by atoms with E-state index in [-0.39, 0.29) is 6.42 Å². The first-order valence-corrected chi connectivity index (χ1v) is 5.78. The fourth-order valence-electron chi connectivity index (χ4n) is 2.31. The second-order valence-electron chi connectivity index (χ2n) is 4.40. The Labute approximate surface area is 109 Å². The van der Waals surface area contributed by atoms with Gasteiger partial charge in [-0.1, -0.05) is 0 Å². The topological polar surface area (TPSA) is 68.9 Å². The molecule has 1 N–H and O–H groups in total. The molecule has 0 spiro atoms. The van der Waals surface area contributed by atoms with Crippen molar-refractivity contribution in [3.05, 3.63) is 47.9 Å². The molecule has 3 rings (SSSR count). The van der Waals surface area contributed by atoms with Gasteiger partial charge in [0.25, 0.3) is 0 Å². The van der Waals surface area contributed by atoms with Crippen LogP contribution in [0.15, 0.2) is 41.2 Å². The predicted molar refractivity (Wildman–Crippen MR) is 65.3 cm³/mol. The highest BCUT2D eigenvalue weighted by Crippen LogP contribution is 2.43. The highest BCUT2D eigenvalue weighted by atomic mass is 16.5. The summed E-state index contributed by atoms with van der Waals surface area (Å²) in [6.45, 7) is 0. The van der Waals surface area contributed by atoms with Crippen LogP contribution >= 0.6 is 0 Å². The highest BCUT2D eigenvalue weighted by molar-refractivity contribution is 5.81. The molecule has 0 fully saturated rings. The van der Waals surface area contributed by atoms with Gasteiger partial charge in [-0.2, -0.15) is 0 Å². The summed E-state index contributed by atoms with van der Waals surface area (Å²) in [4.78, 5) is 11.6. The largest absolute Gasteiger partial charge is 0.497 e. The van der Waals surface area contributed by atoms with E-state index in [2.05, 4.69) is 0 Å². The molecule has 1 aliphatic heterocycles. The fourth-order valence-corrected chi connectivity index (χ4v) is 2.31. The van der Waals surface area contributed by atoms with E-state index < -0.39 is 11.6 Å². The molecule has 98 valence electrons. The molecule has 0 amide bonds. The molecule has 0 aliphatic carbocycles. The Morgan fingerprint density at radius 2 is 2.26 bits per heavy atom. The molecule has 0 saturated heterocycles. The third kappa shape index (κ3) is 1.66. The molecule has 0 radical (unpaired) electrons. The summed E-state index contributed by atoms with van der Waals surface area (Å²) >= 11 is 0. The van der Waals surface area contributed by atoms with Gasteiger partial charge in [0.05, 0.1) is 19.6 Å². The quantitative estimate of drug-likeness (QED) is 0.916. The molecule has 5 nitrogen and oxygen atoms in total. The maximum atomic E-state index is 11.6. The SMILES string of the molecule is COc1ccc2c(c1)CC(C(=O)O)(c1ccoc1)O2. The second-order valence-corrected chi connectivity index (χ2v) is 4.40. The smallest absolute Gasteiger partial charge is 0.353 e. The number of carbonyl (C=O) groups is 1. The van der Waals surface area contributed by atoms with Crippen LogP contribution in [0, 0.1) is 0 Å². The van der Waals surface area contributed by atoms with Crippen LogP contribution in [0.1, 0.15) is 11.1 Å². The van der Waals surface area contributed by atoms with E-state index >= 15 is 0 Å². The average molecular weight is 260 g/mol. The summed E-state index contributed by atoms with van der Waals surface area (Å²) in [5, 5.41) is 9.54. The van der Waals surface area contributed by atoms with Crippen LogP contribution in [0.4, 0.5) is 0 Å². The molecule has 1 aromatic heterocycles. The van der Waals surface area contributed by atoms with Crippen molar-refractivity contribution in [2.24, 2.45) is 0 Å². The van der Waals surface area contributed by atoms with Crippen LogP contribution in [0.2, 0.25) is 0 Å². The van der Waals surface area contributed by atoms with Crippen LogP contribution in [-0.4, -0.2) is 18.2 Å². The summed E-state index contributed by atoms with van der Waals surface area (Å²) in [5.74, 6) is 0.198. The van der Waals surface area contributed by atoms with E-state index in [0.29, 0.717) is 17.1 Å². The average Bonchev–Trinajstić information content (AvgIpc) is 3.05. The van der Waals surface area contributed by atoms with E-state index in [1.807, 2.05) is 0 Å². The predicted octanol–water partition coefficient (Wildman–Crippen LogP) is 2.20. The van der Waals surface area contributed by atoms with Crippen LogP contribution < -0.4 is 9.47 Å². The van der Waals surface area contributed by atoms with E-state index in [4.69, 9.17) is 13.9 Å². The minimum Gasteiger partial charge on any atom is -0.497 e. The van der Waals surface area contributed by atoms with Crippen LogP contribution in [0.25, 0.3) is 0 Å². The van der Waals surface area contributed by atoms with Crippen LogP contribution in [0.5, 0.6) is 11.5 Å². The van der Waals surface area contributed by atoms with Crippen molar-refractivity contribution >= 4 is 5.97 Å². The molecule has 1 aromatic carbocycles. The van der Waals surface area contributed by atoms with Crippen molar-refractivity contribution in [1.82, 2.24) is 0 Å². The van der Waals surface area contributed by atoms with Gasteiger partial charge in [-0.15, -0.1) is 0 Å². The summed E-state index contributed by atoms with van der Waals surface area (Å²) in [6.07, 6.45) is 3.08. The van der Waals surface area contributed by atoms with Crippen LogP contribution in [0.3, 0.4) is 0 Å². The van der Waals surface area contributed by atoms with Gasteiger partial charge in [-0.3, -0.25) is 0 Å². The van der Waals surface area contributed by atoms with Crippen molar-refractivity contribution < 1.29 is 23.8 Å². The maximum Gasteiger partial charge on any atom is 0.353 e. The molecule has 1 unspecified atom stereocenters. The highest BCUT2D eigenvalue weighted by Gasteiger charge is 2.49. The lowest BCUT2D eigenvalue weighted by Crippen LogP contribution is -2.40. The van der Waals surface area contributed by atoms with Crippen molar-refractivity contribution in [3.63, 3.8) is 0 Å². The van der Waals surface area contributed by atoms with Crippen LogP contribution in [-0.2, 0) is 16.8 Å². The Hall–Kier alpha value is -2.43. The lowest BCUT2D eigenvalue weighted by Gasteiger charge is -2.22. The van der Waals surface area contributed by atoms with E-state index in [0.717, 1.165) is 5.56 Å². The van der Waals surface area contributed by atoms with Crippen molar-refractivity contribution in [1.29, 1.82) is 0 Å². The number of aliphatic carboxylic acids is 1. The molecule has 2 heterocycles. The molecule has 2 aromatic rings. The van der Waals surface area contributed by atoms with E-state index in [1.54, 1.807) is 31.4 Å². The third-order valence-corrected chi connectivity index (χ3v) is 3.32. The molecule has 1 atom stereocenters. The second kappa shape index (κ2) is 4.05. The number of hydrogen-bond acceptors (Lipinski definition) is 4. The maximum absolute atomic E-state index is 11.6. The lowest BCUT2D eigenvalue weighted by molar-refractivity contribution is -0.154. The molecule has 5 heteroatoms. The number of methoxy groups -OCH3 is 1. The van der Waals surface area contributed by atoms with E-state index in [1.165, 1.54) is 12.5 Å². The van der Waals surface area contributed by atoms with Gasteiger partial charge >= 0.3 is 5.97 Å². The molecule has 0 bridgehead atoms. The van der Waals surface area contributed by atoms with E-state index in [9.17, 15) is 9.90 Å². The molecule has 19 heavy (non-hydrogen) atoms. The first-order chi connectivity index (χ1) is 9.15. The lowest BCUT2D eigenvalue weighted by atomic mass is 9.91. The van der Waals surface area contributed by atoms with Gasteiger partial charge in [0.15, 0.2) is 0 Å². The number of hydrogen-bond donors (Lipinski definition) is 1. The number of rotatable bonds is 3. The molecular formula is C14H12O5. The Morgan fingerprint density at radius 3 is 2.89 bits per heavy atom. The number of carboxylic acids is 1. The minimum absolute atomic E-state index is 0.244. The van der Waals surface area contributed by atoms with Gasteiger partial charge in [0.1, 0.15) is 11.5 Å². The minimum atomic E-state index is -1.41. The molecular weight excluding hydrogens is 248 g/mol. The van der Waals surface area contributed by atoms with Gasteiger partial charge < -0.3 is 19.0 Å². The van der Waals surface area contributed by atoms with Gasteiger partial charge in [0, 0.05) is 17.5 Å². The summed E-state index contributed by atoms with van der Waals surface area (Å²) in [5.41, 5.74) is -0.111. The van der Waals surface area contributed by atoms with Gasteiger partial charge in [-0.25, -0.2) is 4.79 Å². The Bertz CT molecular complexity index is 617. The van der Waals surface area contributed by atoms with Crippen molar-refractivity contribution in [3.8, 4) is 11.5 Å². The third-order valence-electron chi connectivity index (χ3n) is 3.32. The zero-order chi connectivity index (χ0) is 13.5. The Kier molecular flexibility index (Phi) is 2.48. The first kappa shape index (κ1) is 11.6. The number of carboxylic acid groups (broad SMARTS) is 1. The van der Waals surface area contributed by atoms with Crippen molar-refractivity contribution in [2.45, 2.75) is 12.0 Å². The summed E-state index contributed by atoms with van der Waals surface area (Å²) in [6, 6.07) is 6.86. The number of furan rings is 1. The summed E-state index contributed by atoms with van der Waals surface area (Å²) in [7, 11) is 1.57. The molecule has 1 aliphatic rings. The zero-order valence-corrected chi connectivity index (χ0v) is 10.3. The fraction of sp³-hybridized carbons (Fsp3) is 0.214. The Balaban J connectivity index is 2.06. The number of benzene rings is 1. The zero-order valence-electron chi connectivity index (χ0n) is 10.3. The summed E-state index contributed by atoms with van der Waals surface area (Å²) < 4.78 is 15.8. The first-order valence-electron chi connectivity index (χ1n) is 5.78. The van der Waals surface area contributed by atoms with Crippen molar-refractivity contribution in [2.75, 3.05) is 7.11 Å². The van der Waals surface area contributed by atoms with Gasteiger partial charge in [-0.05, 0) is 24.3 Å². The number of fused-ring (bicyclic) bond motifs is 1. The Morgan fingerprint density at radius 1 is 1.42 bits per heavy atom. The normalized spacial score (nSPS) is 20.7. The molecule has 0 saturated carbocycles. The van der Waals surface area contributed by atoms with Gasteiger partial charge in [0.2, 0.25) is 5.60 Å². The standard InChI is InChI=1S/C14H12O5/c1-17-11-2-3-12-9(6-11)7-14(19-12,13(15)16)10-4-5-18-8-10/h2-6,8H,7H2,1H3,(H,15,16). The monoisotopic (exact) mass is 260 g/mol.